The summed E-state index contributed by atoms with van der Waals surface area (Å²) in [5.74, 6) is -0.175. The van der Waals surface area contributed by atoms with Gasteiger partial charge in [-0.3, -0.25) is 14.2 Å². The monoisotopic (exact) mass is 304 g/mol. The number of hydrogen-bond donors (Lipinski definition) is 0. The lowest BCUT2D eigenvalue weighted by Crippen LogP contribution is -2.24. The maximum absolute atomic E-state index is 12.2. The van der Waals surface area contributed by atoms with Gasteiger partial charge in [0.15, 0.2) is 5.78 Å². The highest BCUT2D eigenvalue weighted by molar-refractivity contribution is 7.16. The van der Waals surface area contributed by atoms with Crippen LogP contribution in [0.1, 0.15) is 10.4 Å². The number of aromatic nitrogens is 2. The summed E-state index contributed by atoms with van der Waals surface area (Å²) in [6.07, 6.45) is 1.41. The summed E-state index contributed by atoms with van der Waals surface area (Å²) >= 11 is 7.26. The lowest BCUT2D eigenvalue weighted by molar-refractivity contribution is 0.0970. The fraction of sp³-hybridized carbons (Fsp3) is 0.0714. The van der Waals surface area contributed by atoms with E-state index in [1.807, 2.05) is 5.38 Å². The maximum Gasteiger partial charge on any atom is 0.262 e. The van der Waals surface area contributed by atoms with Crippen LogP contribution in [0.4, 0.5) is 0 Å². The van der Waals surface area contributed by atoms with Crippen molar-refractivity contribution in [3.8, 4) is 0 Å². The largest absolute Gasteiger partial charge is 0.292 e. The van der Waals surface area contributed by atoms with Crippen molar-refractivity contribution >= 4 is 38.9 Å². The molecule has 0 bridgehead atoms. The smallest absolute Gasteiger partial charge is 0.262 e. The molecule has 0 saturated heterocycles. The molecular formula is C14H9ClN2O2S. The molecule has 0 aliphatic carbocycles. The normalized spacial score (nSPS) is 10.8. The van der Waals surface area contributed by atoms with Gasteiger partial charge in [-0.05, 0) is 23.6 Å². The third kappa shape index (κ3) is 2.37. The third-order valence-electron chi connectivity index (χ3n) is 2.91. The number of benzene rings is 1. The van der Waals surface area contributed by atoms with Crippen LogP contribution in [0.25, 0.3) is 10.2 Å². The van der Waals surface area contributed by atoms with E-state index in [0.29, 0.717) is 20.8 Å². The SMILES string of the molecule is O=C(Cn1cnc2sccc2c1=O)c1cccc(Cl)c1. The topological polar surface area (TPSA) is 52.0 Å². The lowest BCUT2D eigenvalue weighted by Gasteiger charge is -2.05. The van der Waals surface area contributed by atoms with E-state index in [9.17, 15) is 9.59 Å². The summed E-state index contributed by atoms with van der Waals surface area (Å²) in [5, 5.41) is 2.84. The number of nitrogens with zero attached hydrogens (tertiary/aromatic N) is 2. The number of Topliss-reactive ketones (excluding diaryl/α,β-unsaturated/α-hetero) is 1. The number of halogens is 1. The van der Waals surface area contributed by atoms with E-state index in [2.05, 4.69) is 4.98 Å². The van der Waals surface area contributed by atoms with E-state index in [-0.39, 0.29) is 17.9 Å². The summed E-state index contributed by atoms with van der Waals surface area (Å²) in [5.41, 5.74) is 0.279. The van der Waals surface area contributed by atoms with E-state index in [1.54, 1.807) is 30.3 Å². The van der Waals surface area contributed by atoms with Crippen LogP contribution in [0.2, 0.25) is 5.02 Å². The van der Waals surface area contributed by atoms with Gasteiger partial charge in [0.1, 0.15) is 4.83 Å². The van der Waals surface area contributed by atoms with Crippen LogP contribution in [0.15, 0.2) is 46.8 Å². The van der Waals surface area contributed by atoms with Crippen LogP contribution >= 0.6 is 22.9 Å². The molecule has 20 heavy (non-hydrogen) atoms. The average molecular weight is 305 g/mol. The number of carbonyl (C=O) groups is 1. The Morgan fingerprint density at radius 1 is 1.35 bits per heavy atom. The summed E-state index contributed by atoms with van der Waals surface area (Å²) in [4.78, 5) is 29.2. The molecule has 3 rings (SSSR count). The first-order valence-electron chi connectivity index (χ1n) is 5.86. The quantitative estimate of drug-likeness (QED) is 0.699. The fourth-order valence-electron chi connectivity index (χ4n) is 1.91. The Labute approximate surface area is 123 Å². The Morgan fingerprint density at radius 3 is 3.00 bits per heavy atom. The molecule has 0 unspecified atom stereocenters. The Balaban J connectivity index is 1.95. The summed E-state index contributed by atoms with van der Waals surface area (Å²) in [6, 6.07) is 8.39. The van der Waals surface area contributed by atoms with Gasteiger partial charge in [0.05, 0.1) is 18.3 Å². The van der Waals surface area contributed by atoms with Gasteiger partial charge in [-0.1, -0.05) is 23.7 Å². The molecular weight excluding hydrogens is 296 g/mol. The zero-order valence-corrected chi connectivity index (χ0v) is 11.8. The average Bonchev–Trinajstić information content (AvgIpc) is 2.91. The Morgan fingerprint density at radius 2 is 2.20 bits per heavy atom. The van der Waals surface area contributed by atoms with E-state index >= 15 is 0 Å². The van der Waals surface area contributed by atoms with Crippen LogP contribution in [-0.4, -0.2) is 15.3 Å². The molecule has 4 nitrogen and oxygen atoms in total. The zero-order valence-electron chi connectivity index (χ0n) is 10.2. The van der Waals surface area contributed by atoms with Crippen molar-refractivity contribution in [2.24, 2.45) is 0 Å². The number of ketones is 1. The predicted octanol–water partition coefficient (Wildman–Crippen LogP) is 2.99. The summed E-state index contributed by atoms with van der Waals surface area (Å²) in [7, 11) is 0. The van der Waals surface area contributed by atoms with Gasteiger partial charge >= 0.3 is 0 Å². The first-order chi connectivity index (χ1) is 9.65. The molecule has 0 aliphatic heterocycles. The van der Waals surface area contributed by atoms with Crippen molar-refractivity contribution in [1.82, 2.24) is 9.55 Å². The fourth-order valence-corrected chi connectivity index (χ4v) is 2.83. The molecule has 0 radical (unpaired) electrons. The second-order valence-electron chi connectivity index (χ2n) is 4.25. The van der Waals surface area contributed by atoms with Gasteiger partial charge in [-0.2, -0.15) is 0 Å². The lowest BCUT2D eigenvalue weighted by atomic mass is 10.1. The molecule has 2 aromatic heterocycles. The molecule has 0 N–H and O–H groups in total. The van der Waals surface area contributed by atoms with Crippen LogP contribution in [-0.2, 0) is 6.54 Å². The predicted molar refractivity (Wildman–Crippen MR) is 79.7 cm³/mol. The van der Waals surface area contributed by atoms with Crippen molar-refractivity contribution < 1.29 is 4.79 Å². The Kier molecular flexibility index (Phi) is 3.38. The number of thiophene rings is 1. The Bertz CT molecular complexity index is 854. The number of rotatable bonds is 3. The number of hydrogen-bond acceptors (Lipinski definition) is 4. The first kappa shape index (κ1) is 13.0. The summed E-state index contributed by atoms with van der Waals surface area (Å²) < 4.78 is 1.32. The number of fused-ring (bicyclic) bond motifs is 1. The first-order valence-corrected chi connectivity index (χ1v) is 7.12. The van der Waals surface area contributed by atoms with Crippen LogP contribution in [0.3, 0.4) is 0 Å². The second kappa shape index (κ2) is 5.19. The standard InChI is InChI=1S/C14H9ClN2O2S/c15-10-3-1-2-9(6-10)12(18)7-17-8-16-13-11(14(17)19)4-5-20-13/h1-6,8H,7H2. The highest BCUT2D eigenvalue weighted by Gasteiger charge is 2.11. The minimum absolute atomic E-state index is 0.0437. The van der Waals surface area contributed by atoms with Crippen molar-refractivity contribution in [3.05, 3.63) is 63.0 Å². The number of carbonyl (C=O) groups excluding carboxylic acids is 1. The molecule has 3 aromatic rings. The van der Waals surface area contributed by atoms with Gasteiger partial charge in [0.2, 0.25) is 0 Å². The molecule has 2 heterocycles. The molecule has 6 heteroatoms. The molecule has 0 fully saturated rings. The van der Waals surface area contributed by atoms with E-state index in [1.165, 1.54) is 22.2 Å². The van der Waals surface area contributed by atoms with Crippen LogP contribution in [0, 0.1) is 0 Å². The highest BCUT2D eigenvalue weighted by Crippen LogP contribution is 2.14. The van der Waals surface area contributed by atoms with Gasteiger partial charge in [0.25, 0.3) is 5.56 Å². The Hall–Kier alpha value is -1.98. The van der Waals surface area contributed by atoms with Crippen molar-refractivity contribution in [1.29, 1.82) is 0 Å². The maximum atomic E-state index is 12.2. The molecule has 1 aromatic carbocycles. The molecule has 0 atom stereocenters. The summed E-state index contributed by atoms with van der Waals surface area (Å²) in [6.45, 7) is -0.0437. The minimum Gasteiger partial charge on any atom is -0.292 e. The van der Waals surface area contributed by atoms with Crippen molar-refractivity contribution in [2.45, 2.75) is 6.54 Å². The molecule has 0 spiro atoms. The van der Waals surface area contributed by atoms with Gasteiger partial charge < -0.3 is 0 Å². The van der Waals surface area contributed by atoms with Gasteiger partial charge in [-0.25, -0.2) is 4.98 Å². The van der Waals surface area contributed by atoms with E-state index in [0.717, 1.165) is 0 Å². The molecule has 100 valence electrons. The molecule has 0 saturated carbocycles. The van der Waals surface area contributed by atoms with Crippen LogP contribution < -0.4 is 5.56 Å². The highest BCUT2D eigenvalue weighted by atomic mass is 35.5. The molecule has 0 aliphatic rings. The van der Waals surface area contributed by atoms with Gasteiger partial charge in [0, 0.05) is 10.6 Å². The van der Waals surface area contributed by atoms with Crippen molar-refractivity contribution in [3.63, 3.8) is 0 Å². The van der Waals surface area contributed by atoms with Crippen molar-refractivity contribution in [2.75, 3.05) is 0 Å². The molecule has 0 amide bonds. The van der Waals surface area contributed by atoms with Crippen LogP contribution in [0.5, 0.6) is 0 Å². The minimum atomic E-state index is -0.202. The third-order valence-corrected chi connectivity index (χ3v) is 3.97. The van der Waals surface area contributed by atoms with Gasteiger partial charge in [-0.15, -0.1) is 11.3 Å². The second-order valence-corrected chi connectivity index (χ2v) is 5.58. The zero-order chi connectivity index (χ0) is 14.1. The van der Waals surface area contributed by atoms with E-state index in [4.69, 9.17) is 11.6 Å². The van der Waals surface area contributed by atoms with E-state index < -0.39 is 0 Å².